The number of anilines is 1. The number of aromatic hydroxyl groups is 1. The van der Waals surface area contributed by atoms with E-state index in [1.165, 1.54) is 18.2 Å². The topological polar surface area (TPSA) is 150 Å². The zero-order chi connectivity index (χ0) is 25.3. The van der Waals surface area contributed by atoms with Gasteiger partial charge in [0.1, 0.15) is 16.3 Å². The molecule has 178 valence electrons. The van der Waals surface area contributed by atoms with Crippen LogP contribution in [-0.2, 0) is 10.1 Å². The highest BCUT2D eigenvalue weighted by Gasteiger charge is 2.23. The van der Waals surface area contributed by atoms with Gasteiger partial charge in [-0.05, 0) is 52.6 Å². The van der Waals surface area contributed by atoms with E-state index in [2.05, 4.69) is 20.5 Å². The number of nitrogen functional groups attached to an aromatic ring is 1. The first-order valence-electron chi connectivity index (χ1n) is 10.7. The molecule has 0 unspecified atom stereocenters. The largest absolute Gasteiger partial charge is 0.505 e. The minimum Gasteiger partial charge on any atom is -0.505 e. The number of phenols is 1. The summed E-state index contributed by atoms with van der Waals surface area (Å²) in [5.74, 6) is -0.311. The molecule has 0 radical (unpaired) electrons. The average molecular weight is 498 g/mol. The quantitative estimate of drug-likeness (QED) is 0.132. The molecule has 0 bridgehead atoms. The van der Waals surface area contributed by atoms with Gasteiger partial charge in [0.15, 0.2) is 5.75 Å². The second-order valence-corrected chi connectivity index (χ2v) is 9.30. The van der Waals surface area contributed by atoms with Crippen molar-refractivity contribution in [3.8, 4) is 5.75 Å². The molecular formula is C26H19N5O4S. The maximum atomic E-state index is 12.1. The van der Waals surface area contributed by atoms with Gasteiger partial charge in [-0.1, -0.05) is 54.6 Å². The van der Waals surface area contributed by atoms with Crippen LogP contribution >= 0.6 is 0 Å². The number of fused-ring (bicyclic) bond motifs is 2. The number of rotatable bonds is 5. The highest BCUT2D eigenvalue weighted by Crippen LogP contribution is 2.45. The van der Waals surface area contributed by atoms with Crippen LogP contribution in [0.15, 0.2) is 116 Å². The van der Waals surface area contributed by atoms with E-state index in [-0.39, 0.29) is 33.6 Å². The lowest BCUT2D eigenvalue weighted by Crippen LogP contribution is -2.01. The van der Waals surface area contributed by atoms with Crippen molar-refractivity contribution in [3.63, 3.8) is 0 Å². The van der Waals surface area contributed by atoms with Crippen LogP contribution in [0.2, 0.25) is 0 Å². The van der Waals surface area contributed by atoms with Crippen molar-refractivity contribution in [3.05, 3.63) is 91.0 Å². The van der Waals surface area contributed by atoms with Crippen LogP contribution in [-0.4, -0.2) is 18.1 Å². The molecule has 0 saturated carbocycles. The van der Waals surface area contributed by atoms with Crippen LogP contribution in [0.3, 0.4) is 0 Å². The lowest BCUT2D eigenvalue weighted by atomic mass is 10.1. The third kappa shape index (κ3) is 4.50. The maximum absolute atomic E-state index is 12.1. The summed E-state index contributed by atoms with van der Waals surface area (Å²) >= 11 is 0. The van der Waals surface area contributed by atoms with Crippen molar-refractivity contribution in [1.29, 1.82) is 0 Å². The smallest absolute Gasteiger partial charge is 0.296 e. The number of phenolic OH excluding ortho intramolecular Hbond substituents is 1. The Kier molecular flexibility index (Phi) is 5.88. The summed E-state index contributed by atoms with van der Waals surface area (Å²) in [5.41, 5.74) is 6.95. The van der Waals surface area contributed by atoms with E-state index < -0.39 is 15.0 Å². The third-order valence-corrected chi connectivity index (χ3v) is 6.41. The van der Waals surface area contributed by atoms with Crippen molar-refractivity contribution in [2.75, 3.05) is 5.73 Å². The number of hydrogen-bond donors (Lipinski definition) is 3. The van der Waals surface area contributed by atoms with Crippen molar-refractivity contribution >= 4 is 60.1 Å². The fourth-order valence-electron chi connectivity index (χ4n) is 3.79. The molecule has 0 aliphatic carbocycles. The highest BCUT2D eigenvalue weighted by atomic mass is 32.2. The molecule has 0 amide bonds. The monoisotopic (exact) mass is 497 g/mol. The molecule has 0 aliphatic heterocycles. The molecule has 5 aromatic carbocycles. The van der Waals surface area contributed by atoms with Gasteiger partial charge in [-0.2, -0.15) is 18.6 Å². The average Bonchev–Trinajstić information content (AvgIpc) is 2.87. The van der Waals surface area contributed by atoms with Gasteiger partial charge in [0.05, 0.1) is 22.4 Å². The van der Waals surface area contributed by atoms with E-state index >= 15 is 0 Å². The molecule has 0 atom stereocenters. The van der Waals surface area contributed by atoms with Gasteiger partial charge in [-0.3, -0.25) is 4.55 Å². The zero-order valence-electron chi connectivity index (χ0n) is 18.6. The Labute approximate surface area is 206 Å². The molecule has 9 nitrogen and oxygen atoms in total. The van der Waals surface area contributed by atoms with E-state index in [0.717, 1.165) is 10.8 Å². The summed E-state index contributed by atoms with van der Waals surface area (Å²) in [6, 6.07) is 26.1. The van der Waals surface area contributed by atoms with Crippen molar-refractivity contribution < 1.29 is 18.1 Å². The van der Waals surface area contributed by atoms with Crippen molar-refractivity contribution in [1.82, 2.24) is 0 Å². The summed E-state index contributed by atoms with van der Waals surface area (Å²) in [6.45, 7) is 0. The van der Waals surface area contributed by atoms with E-state index in [9.17, 15) is 18.1 Å². The van der Waals surface area contributed by atoms with E-state index in [4.69, 9.17) is 5.73 Å². The van der Waals surface area contributed by atoms with Gasteiger partial charge < -0.3 is 10.8 Å². The second kappa shape index (κ2) is 9.17. The molecule has 0 saturated heterocycles. The lowest BCUT2D eigenvalue weighted by Gasteiger charge is -2.12. The SMILES string of the molecule is Nc1c(N=Nc2ccc3ccccc3c2)c(S(=O)(=O)O)cc2ccc(N=Nc3ccccc3)c(O)c12. The fraction of sp³-hybridized carbons (Fsp3) is 0. The van der Waals surface area contributed by atoms with Gasteiger partial charge in [-0.15, -0.1) is 10.2 Å². The summed E-state index contributed by atoms with van der Waals surface area (Å²) in [4.78, 5) is -0.532. The van der Waals surface area contributed by atoms with Crippen LogP contribution in [0.1, 0.15) is 0 Å². The van der Waals surface area contributed by atoms with Gasteiger partial charge >= 0.3 is 0 Å². The Hall–Kier alpha value is -4.67. The Balaban J connectivity index is 1.64. The van der Waals surface area contributed by atoms with Gasteiger partial charge in [-0.25, -0.2) is 0 Å². The summed E-state index contributed by atoms with van der Waals surface area (Å²) in [5, 5.41) is 29.6. The van der Waals surface area contributed by atoms with E-state index in [0.29, 0.717) is 11.4 Å². The predicted molar refractivity (Wildman–Crippen MR) is 139 cm³/mol. The first-order valence-corrected chi connectivity index (χ1v) is 12.2. The van der Waals surface area contributed by atoms with Crippen molar-refractivity contribution in [2.45, 2.75) is 4.90 Å². The lowest BCUT2D eigenvalue weighted by molar-refractivity contribution is 0.481. The minimum atomic E-state index is -4.71. The molecular weight excluding hydrogens is 478 g/mol. The van der Waals surface area contributed by atoms with Gasteiger partial charge in [0.2, 0.25) is 0 Å². The van der Waals surface area contributed by atoms with Gasteiger partial charge in [0, 0.05) is 0 Å². The maximum Gasteiger partial charge on any atom is 0.296 e. The molecule has 0 fully saturated rings. The van der Waals surface area contributed by atoms with E-state index in [1.807, 2.05) is 36.4 Å². The minimum absolute atomic E-state index is 0.111. The second-order valence-electron chi connectivity index (χ2n) is 7.91. The molecule has 4 N–H and O–H groups in total. The Morgan fingerprint density at radius 2 is 1.33 bits per heavy atom. The molecule has 5 rings (SSSR count). The molecule has 10 heteroatoms. The summed E-state index contributed by atoms with van der Waals surface area (Å²) < 4.78 is 34.1. The first-order chi connectivity index (χ1) is 17.3. The third-order valence-electron chi connectivity index (χ3n) is 5.54. The van der Waals surface area contributed by atoms with Crippen LogP contribution in [0.25, 0.3) is 21.5 Å². The molecule has 5 aromatic rings. The van der Waals surface area contributed by atoms with Crippen LogP contribution < -0.4 is 5.73 Å². The molecule has 36 heavy (non-hydrogen) atoms. The standard InChI is InChI=1S/C26H19N5O4S/c27-24-23-18(11-13-21(26(23)32)30-28-19-8-2-1-3-9-19)15-22(36(33,34)35)25(24)31-29-20-12-10-16-6-4-5-7-17(16)14-20/h1-15,32H,27H2,(H,33,34,35). The Bertz CT molecular complexity index is 1790. The molecule has 0 aliphatic rings. The molecule has 0 spiro atoms. The Morgan fingerprint density at radius 1 is 0.667 bits per heavy atom. The number of azo groups is 2. The summed E-state index contributed by atoms with van der Waals surface area (Å²) in [7, 11) is -4.71. The van der Waals surface area contributed by atoms with Crippen LogP contribution in [0, 0.1) is 0 Å². The van der Waals surface area contributed by atoms with E-state index in [1.54, 1.807) is 36.4 Å². The fourth-order valence-corrected chi connectivity index (χ4v) is 4.46. The number of nitrogens with zero attached hydrogens (tertiary/aromatic N) is 4. The molecule has 0 aromatic heterocycles. The molecule has 0 heterocycles. The van der Waals surface area contributed by atoms with Crippen LogP contribution in [0.5, 0.6) is 5.75 Å². The van der Waals surface area contributed by atoms with Gasteiger partial charge in [0.25, 0.3) is 10.1 Å². The predicted octanol–water partition coefficient (Wildman–Crippen LogP) is 7.36. The zero-order valence-corrected chi connectivity index (χ0v) is 19.5. The number of hydrogen-bond acceptors (Lipinski definition) is 8. The van der Waals surface area contributed by atoms with Crippen molar-refractivity contribution in [2.24, 2.45) is 20.5 Å². The highest BCUT2D eigenvalue weighted by molar-refractivity contribution is 7.86. The Morgan fingerprint density at radius 3 is 2.08 bits per heavy atom. The van der Waals surface area contributed by atoms with Crippen LogP contribution in [0.4, 0.5) is 28.4 Å². The number of nitrogens with two attached hydrogens (primary N) is 1. The first kappa shape index (κ1) is 23.1. The normalized spacial score (nSPS) is 12.2. The summed E-state index contributed by atoms with van der Waals surface area (Å²) in [6.07, 6.45) is 0. The number of benzene rings is 5.